The number of aliphatic carboxylic acids is 2. The Morgan fingerprint density at radius 2 is 1.43 bits per heavy atom. The van der Waals surface area contributed by atoms with Crippen LogP contribution in [0.1, 0.15) is 33.6 Å². The predicted octanol–water partition coefficient (Wildman–Crippen LogP) is -2.32. The maximum Gasteiger partial charge on any atom is 0.326 e. The first-order chi connectivity index (χ1) is 13.8. The summed E-state index contributed by atoms with van der Waals surface area (Å²) in [4.78, 5) is 59.2. The summed E-state index contributed by atoms with van der Waals surface area (Å²) in [7, 11) is 0. The molecule has 0 aliphatic carbocycles. The summed E-state index contributed by atoms with van der Waals surface area (Å²) in [6, 6.07) is -5.39. The molecule has 0 bridgehead atoms. The van der Waals surface area contributed by atoms with E-state index in [2.05, 4.69) is 28.6 Å². The zero-order valence-corrected chi connectivity index (χ0v) is 17.9. The van der Waals surface area contributed by atoms with Crippen LogP contribution in [-0.4, -0.2) is 81.0 Å². The summed E-state index contributed by atoms with van der Waals surface area (Å²) in [6.45, 7) is 4.59. The first kappa shape index (κ1) is 27.6. The standard InChI is InChI=1S/C17H30N4O8S/c1-4-7(2)12(15(26)19-10(17(28)29)5-11(23)24)20-16(27)13(8(3)22)21-14(25)9(18)6-30/h7-10,12-13,22,30H,4-6,18H2,1-3H3,(H,19,26)(H,20,27)(H,21,25)(H,23,24)(H,28,29). The van der Waals surface area contributed by atoms with Gasteiger partial charge in [0.25, 0.3) is 0 Å². The molecule has 0 aliphatic rings. The van der Waals surface area contributed by atoms with Crippen molar-refractivity contribution in [3.05, 3.63) is 0 Å². The Balaban J connectivity index is 5.49. The van der Waals surface area contributed by atoms with E-state index in [9.17, 15) is 29.1 Å². The number of thiol groups is 1. The van der Waals surface area contributed by atoms with Crippen molar-refractivity contribution in [1.82, 2.24) is 16.0 Å². The highest BCUT2D eigenvalue weighted by molar-refractivity contribution is 7.80. The van der Waals surface area contributed by atoms with Gasteiger partial charge in [0.2, 0.25) is 17.7 Å². The smallest absolute Gasteiger partial charge is 0.326 e. The minimum atomic E-state index is -1.70. The second kappa shape index (κ2) is 13.0. The number of nitrogens with two attached hydrogens (primary N) is 1. The fraction of sp³-hybridized carbons (Fsp3) is 0.706. The molecular formula is C17H30N4O8S. The van der Waals surface area contributed by atoms with Gasteiger partial charge in [-0.3, -0.25) is 19.2 Å². The summed E-state index contributed by atoms with van der Waals surface area (Å²) in [5.74, 6) is -5.98. The fourth-order valence-corrected chi connectivity index (χ4v) is 2.50. The first-order valence-corrected chi connectivity index (χ1v) is 9.89. The highest BCUT2D eigenvalue weighted by Gasteiger charge is 2.34. The van der Waals surface area contributed by atoms with Crippen molar-refractivity contribution in [2.45, 2.75) is 63.9 Å². The van der Waals surface area contributed by atoms with Gasteiger partial charge in [0.1, 0.15) is 18.1 Å². The number of carbonyl (C=O) groups excluding carboxylic acids is 3. The summed E-state index contributed by atoms with van der Waals surface area (Å²) >= 11 is 3.88. The van der Waals surface area contributed by atoms with Crippen LogP contribution in [0.15, 0.2) is 0 Å². The monoisotopic (exact) mass is 450 g/mol. The average Bonchev–Trinajstić information content (AvgIpc) is 2.66. The largest absolute Gasteiger partial charge is 0.481 e. The number of carboxylic acids is 2. The van der Waals surface area contributed by atoms with E-state index >= 15 is 0 Å². The van der Waals surface area contributed by atoms with Crippen molar-refractivity contribution < 1.29 is 39.3 Å². The Hall–Kier alpha value is -2.38. The van der Waals surface area contributed by atoms with Crippen LogP contribution in [0.2, 0.25) is 0 Å². The number of aliphatic hydroxyl groups is 1. The highest BCUT2D eigenvalue weighted by atomic mass is 32.1. The predicted molar refractivity (Wildman–Crippen MR) is 109 cm³/mol. The van der Waals surface area contributed by atoms with Crippen LogP contribution in [-0.2, 0) is 24.0 Å². The van der Waals surface area contributed by atoms with E-state index in [1.54, 1.807) is 13.8 Å². The van der Waals surface area contributed by atoms with Gasteiger partial charge in [0, 0.05) is 5.75 Å². The Morgan fingerprint density at radius 1 is 0.933 bits per heavy atom. The number of amides is 3. The van der Waals surface area contributed by atoms with Crippen molar-refractivity contribution >= 4 is 42.3 Å². The third kappa shape index (κ3) is 8.97. The van der Waals surface area contributed by atoms with E-state index in [0.717, 1.165) is 0 Å². The number of hydrogen-bond acceptors (Lipinski definition) is 8. The van der Waals surface area contributed by atoms with Gasteiger partial charge in [-0.25, -0.2) is 4.79 Å². The molecule has 0 aromatic heterocycles. The van der Waals surface area contributed by atoms with Gasteiger partial charge >= 0.3 is 11.9 Å². The zero-order chi connectivity index (χ0) is 23.6. The van der Waals surface area contributed by atoms with Crippen LogP contribution in [0.25, 0.3) is 0 Å². The van der Waals surface area contributed by atoms with E-state index in [0.29, 0.717) is 6.42 Å². The lowest BCUT2D eigenvalue weighted by atomic mass is 9.97. The normalized spacial score (nSPS) is 16.9. The van der Waals surface area contributed by atoms with Crippen LogP contribution in [0.4, 0.5) is 0 Å². The van der Waals surface area contributed by atoms with Gasteiger partial charge in [-0.1, -0.05) is 20.3 Å². The Labute approximate surface area is 179 Å². The van der Waals surface area contributed by atoms with Crippen molar-refractivity contribution in [2.75, 3.05) is 5.75 Å². The molecule has 172 valence electrons. The van der Waals surface area contributed by atoms with E-state index in [4.69, 9.17) is 15.9 Å². The van der Waals surface area contributed by atoms with Gasteiger partial charge < -0.3 is 37.0 Å². The van der Waals surface area contributed by atoms with Crippen molar-refractivity contribution in [1.29, 1.82) is 0 Å². The molecule has 6 atom stereocenters. The molecule has 0 saturated heterocycles. The minimum absolute atomic E-state index is 0.00195. The molecule has 6 unspecified atom stereocenters. The van der Waals surface area contributed by atoms with Crippen molar-refractivity contribution in [3.8, 4) is 0 Å². The highest BCUT2D eigenvalue weighted by Crippen LogP contribution is 2.10. The van der Waals surface area contributed by atoms with E-state index in [1.165, 1.54) is 6.92 Å². The first-order valence-electron chi connectivity index (χ1n) is 9.25. The van der Waals surface area contributed by atoms with Gasteiger partial charge in [0.15, 0.2) is 0 Å². The number of aliphatic hydroxyl groups excluding tert-OH is 1. The topological polar surface area (TPSA) is 208 Å². The number of rotatable bonds is 13. The zero-order valence-electron chi connectivity index (χ0n) is 17.0. The molecule has 0 saturated carbocycles. The summed E-state index contributed by atoms with van der Waals surface area (Å²) < 4.78 is 0. The molecule has 0 fully saturated rings. The van der Waals surface area contributed by atoms with Gasteiger partial charge in [-0.15, -0.1) is 0 Å². The number of carboxylic acid groups (broad SMARTS) is 2. The van der Waals surface area contributed by atoms with E-state index in [1.807, 2.05) is 0 Å². The van der Waals surface area contributed by atoms with Crippen LogP contribution in [0.5, 0.6) is 0 Å². The third-order valence-corrected chi connectivity index (χ3v) is 4.78. The van der Waals surface area contributed by atoms with Crippen molar-refractivity contribution in [3.63, 3.8) is 0 Å². The summed E-state index contributed by atoms with van der Waals surface area (Å²) in [5.41, 5.74) is 5.54. The van der Waals surface area contributed by atoms with Crippen LogP contribution in [0.3, 0.4) is 0 Å². The molecule has 3 amide bonds. The number of hydrogen-bond donors (Lipinski definition) is 8. The SMILES string of the molecule is CCC(C)C(NC(=O)C(NC(=O)C(N)CS)C(C)O)C(=O)NC(CC(=O)O)C(=O)O. The summed E-state index contributed by atoms with van der Waals surface area (Å²) in [6.07, 6.45) is -1.78. The lowest BCUT2D eigenvalue weighted by Gasteiger charge is -2.28. The average molecular weight is 451 g/mol. The molecule has 12 nitrogen and oxygen atoms in total. The lowest BCUT2D eigenvalue weighted by Crippen LogP contribution is -2.61. The molecule has 0 rings (SSSR count). The van der Waals surface area contributed by atoms with Crippen LogP contribution >= 0.6 is 12.6 Å². The molecule has 0 aromatic carbocycles. The van der Waals surface area contributed by atoms with E-state index < -0.39 is 72.3 Å². The lowest BCUT2D eigenvalue weighted by molar-refractivity contribution is -0.147. The van der Waals surface area contributed by atoms with Gasteiger partial charge in [0.05, 0.1) is 18.6 Å². The number of nitrogens with one attached hydrogen (secondary N) is 3. The molecule has 8 N–H and O–H groups in total. The quantitative estimate of drug-likeness (QED) is 0.141. The second-order valence-electron chi connectivity index (χ2n) is 6.88. The minimum Gasteiger partial charge on any atom is -0.481 e. The third-order valence-electron chi connectivity index (χ3n) is 4.38. The number of carbonyl (C=O) groups is 5. The molecule has 0 aliphatic heterocycles. The Bertz CT molecular complexity index is 645. The second-order valence-corrected chi connectivity index (χ2v) is 7.25. The van der Waals surface area contributed by atoms with Gasteiger partial charge in [-0.2, -0.15) is 12.6 Å². The molecule has 30 heavy (non-hydrogen) atoms. The van der Waals surface area contributed by atoms with Crippen molar-refractivity contribution in [2.24, 2.45) is 11.7 Å². The molecule has 0 spiro atoms. The van der Waals surface area contributed by atoms with Crippen LogP contribution in [0, 0.1) is 5.92 Å². The Morgan fingerprint density at radius 3 is 1.83 bits per heavy atom. The molecule has 0 radical (unpaired) electrons. The van der Waals surface area contributed by atoms with Crippen LogP contribution < -0.4 is 21.7 Å². The van der Waals surface area contributed by atoms with E-state index in [-0.39, 0.29) is 5.75 Å². The summed E-state index contributed by atoms with van der Waals surface area (Å²) in [5, 5.41) is 34.5. The fourth-order valence-electron chi connectivity index (χ4n) is 2.33. The Kier molecular flexibility index (Phi) is 12.0. The maximum atomic E-state index is 12.6. The van der Waals surface area contributed by atoms with Gasteiger partial charge in [-0.05, 0) is 12.8 Å². The molecule has 0 aromatic rings. The molecule has 13 heteroatoms. The molecule has 0 heterocycles. The maximum absolute atomic E-state index is 12.6. The molecular weight excluding hydrogens is 420 g/mol.